The van der Waals surface area contributed by atoms with Crippen molar-refractivity contribution in [2.75, 3.05) is 25.4 Å². The van der Waals surface area contributed by atoms with Crippen molar-refractivity contribution in [3.05, 3.63) is 33.9 Å². The summed E-state index contributed by atoms with van der Waals surface area (Å²) in [6.07, 6.45) is 2.39. The van der Waals surface area contributed by atoms with E-state index in [0.717, 1.165) is 13.1 Å². The van der Waals surface area contributed by atoms with E-state index in [1.807, 2.05) is 0 Å². The van der Waals surface area contributed by atoms with Crippen LogP contribution in [0.3, 0.4) is 0 Å². The Morgan fingerprint density at radius 3 is 2.76 bits per heavy atom. The highest BCUT2D eigenvalue weighted by molar-refractivity contribution is 5.95. The van der Waals surface area contributed by atoms with E-state index in [1.54, 1.807) is 0 Å². The van der Waals surface area contributed by atoms with Gasteiger partial charge in [0.05, 0.1) is 4.92 Å². The smallest absolute Gasteiger partial charge is 0.292 e. The average Bonchev–Trinajstić information content (AvgIpc) is 2.98. The zero-order valence-electron chi connectivity index (χ0n) is 12.0. The molecule has 0 saturated carbocycles. The molecule has 114 valence electrons. The molecule has 1 aliphatic heterocycles. The molecule has 1 atom stereocenters. The monoisotopic (exact) mass is 292 g/mol. The first-order valence-corrected chi connectivity index (χ1v) is 7.05. The number of nitrogens with zero attached hydrogens (tertiary/aromatic N) is 2. The van der Waals surface area contributed by atoms with E-state index >= 15 is 0 Å². The molecule has 1 amide bonds. The third-order valence-electron chi connectivity index (χ3n) is 3.81. The lowest BCUT2D eigenvalue weighted by atomic mass is 10.1. The maximum atomic E-state index is 12.1. The Bertz CT molecular complexity index is 541. The molecule has 1 heterocycles. The summed E-state index contributed by atoms with van der Waals surface area (Å²) in [7, 11) is 0. The van der Waals surface area contributed by atoms with Crippen molar-refractivity contribution in [1.29, 1.82) is 0 Å². The first-order valence-electron chi connectivity index (χ1n) is 7.05. The standard InChI is InChI=1S/C14H20N4O3/c1-10(17-6-2-3-7-17)9-16-14(19)11-4-5-12(15)13(8-11)18(20)21/h4-5,8,10H,2-3,6-7,9,15H2,1H3,(H,16,19)/t10-/m1/s1. The predicted octanol–water partition coefficient (Wildman–Crippen LogP) is 1.39. The Balaban J connectivity index is 1.96. The van der Waals surface area contributed by atoms with Crippen LogP contribution in [0.4, 0.5) is 11.4 Å². The number of benzene rings is 1. The van der Waals surface area contributed by atoms with Gasteiger partial charge in [0.1, 0.15) is 5.69 Å². The van der Waals surface area contributed by atoms with Crippen molar-refractivity contribution in [2.24, 2.45) is 0 Å². The number of carbonyl (C=O) groups is 1. The van der Waals surface area contributed by atoms with Gasteiger partial charge in [0, 0.05) is 24.2 Å². The quantitative estimate of drug-likeness (QED) is 0.485. The van der Waals surface area contributed by atoms with E-state index in [9.17, 15) is 14.9 Å². The number of hydrogen-bond acceptors (Lipinski definition) is 5. The first-order chi connectivity index (χ1) is 9.99. The number of hydrogen-bond donors (Lipinski definition) is 2. The number of anilines is 1. The topological polar surface area (TPSA) is 102 Å². The Kier molecular flexibility index (Phi) is 4.74. The van der Waals surface area contributed by atoms with Gasteiger partial charge in [-0.3, -0.25) is 19.8 Å². The second-order valence-electron chi connectivity index (χ2n) is 5.33. The van der Waals surface area contributed by atoms with Gasteiger partial charge in [-0.1, -0.05) is 0 Å². The van der Waals surface area contributed by atoms with Gasteiger partial charge < -0.3 is 11.1 Å². The van der Waals surface area contributed by atoms with Gasteiger partial charge in [-0.25, -0.2) is 0 Å². The molecule has 0 bridgehead atoms. The second-order valence-corrected chi connectivity index (χ2v) is 5.33. The summed E-state index contributed by atoms with van der Waals surface area (Å²) in [5.41, 5.74) is 5.59. The maximum Gasteiger partial charge on any atom is 0.292 e. The fraction of sp³-hybridized carbons (Fsp3) is 0.500. The molecule has 1 aliphatic rings. The fourth-order valence-electron chi connectivity index (χ4n) is 2.50. The Morgan fingerprint density at radius 1 is 1.48 bits per heavy atom. The van der Waals surface area contributed by atoms with Crippen LogP contribution in [0.1, 0.15) is 30.1 Å². The fourth-order valence-corrected chi connectivity index (χ4v) is 2.50. The van der Waals surface area contributed by atoms with Crippen LogP contribution >= 0.6 is 0 Å². The lowest BCUT2D eigenvalue weighted by Gasteiger charge is -2.23. The summed E-state index contributed by atoms with van der Waals surface area (Å²) in [5.74, 6) is -0.316. The van der Waals surface area contributed by atoms with Crippen LogP contribution in [0.15, 0.2) is 18.2 Å². The SMILES string of the molecule is C[C@H](CNC(=O)c1ccc(N)c([N+](=O)[O-])c1)N1CCCC1. The van der Waals surface area contributed by atoms with E-state index in [0.29, 0.717) is 6.54 Å². The Hall–Kier alpha value is -2.15. The third kappa shape index (κ3) is 3.69. The van der Waals surface area contributed by atoms with Gasteiger partial charge in [-0.2, -0.15) is 0 Å². The molecule has 1 aromatic rings. The minimum Gasteiger partial charge on any atom is -0.393 e. The molecule has 21 heavy (non-hydrogen) atoms. The number of nitro benzene ring substituents is 1. The number of amides is 1. The van der Waals surface area contributed by atoms with E-state index in [2.05, 4.69) is 17.1 Å². The van der Waals surface area contributed by atoms with Gasteiger partial charge >= 0.3 is 0 Å². The normalized spacial score (nSPS) is 16.6. The first kappa shape index (κ1) is 15.2. The molecular weight excluding hydrogens is 272 g/mol. The summed E-state index contributed by atoms with van der Waals surface area (Å²) in [5, 5.41) is 13.6. The molecule has 0 radical (unpaired) electrons. The largest absolute Gasteiger partial charge is 0.393 e. The molecule has 2 rings (SSSR count). The van der Waals surface area contributed by atoms with Crippen LogP contribution in [0, 0.1) is 10.1 Å². The molecule has 0 aromatic heterocycles. The Morgan fingerprint density at radius 2 is 2.14 bits per heavy atom. The van der Waals surface area contributed by atoms with E-state index < -0.39 is 4.92 Å². The van der Waals surface area contributed by atoms with Crippen molar-refractivity contribution in [3.8, 4) is 0 Å². The molecule has 0 spiro atoms. The molecule has 0 unspecified atom stereocenters. The lowest BCUT2D eigenvalue weighted by Crippen LogP contribution is -2.40. The van der Waals surface area contributed by atoms with Crippen LogP contribution < -0.4 is 11.1 Å². The highest BCUT2D eigenvalue weighted by Gasteiger charge is 2.20. The zero-order valence-corrected chi connectivity index (χ0v) is 12.0. The number of nitro groups is 1. The average molecular weight is 292 g/mol. The van der Waals surface area contributed by atoms with Gasteiger partial charge in [-0.15, -0.1) is 0 Å². The molecule has 1 saturated heterocycles. The number of nitrogen functional groups attached to an aromatic ring is 1. The predicted molar refractivity (Wildman–Crippen MR) is 80.1 cm³/mol. The van der Waals surface area contributed by atoms with E-state index in [1.165, 1.54) is 31.0 Å². The number of carbonyl (C=O) groups excluding carboxylic acids is 1. The summed E-state index contributed by atoms with van der Waals surface area (Å²) < 4.78 is 0. The summed E-state index contributed by atoms with van der Waals surface area (Å²) >= 11 is 0. The summed E-state index contributed by atoms with van der Waals surface area (Å²) in [4.78, 5) is 24.6. The van der Waals surface area contributed by atoms with Gasteiger partial charge in [-0.05, 0) is 45.0 Å². The van der Waals surface area contributed by atoms with Crippen molar-refractivity contribution < 1.29 is 9.72 Å². The molecular formula is C14H20N4O3. The minimum atomic E-state index is -0.584. The van der Waals surface area contributed by atoms with E-state index in [-0.39, 0.29) is 28.9 Å². The lowest BCUT2D eigenvalue weighted by molar-refractivity contribution is -0.383. The summed E-state index contributed by atoms with van der Waals surface area (Å²) in [6.45, 7) is 4.71. The highest BCUT2D eigenvalue weighted by atomic mass is 16.6. The number of nitrogens with one attached hydrogen (secondary N) is 1. The van der Waals surface area contributed by atoms with Gasteiger partial charge in [0.25, 0.3) is 11.6 Å². The maximum absolute atomic E-state index is 12.1. The van der Waals surface area contributed by atoms with Crippen molar-refractivity contribution >= 4 is 17.3 Å². The van der Waals surface area contributed by atoms with Crippen molar-refractivity contribution in [3.63, 3.8) is 0 Å². The molecule has 7 nitrogen and oxygen atoms in total. The second kappa shape index (κ2) is 6.53. The molecule has 7 heteroatoms. The number of likely N-dealkylation sites (tertiary alicyclic amines) is 1. The molecule has 3 N–H and O–H groups in total. The molecule has 1 fully saturated rings. The number of nitrogens with two attached hydrogens (primary N) is 1. The van der Waals surface area contributed by atoms with Crippen LogP contribution in [-0.2, 0) is 0 Å². The molecule has 0 aliphatic carbocycles. The van der Waals surface area contributed by atoms with Gasteiger partial charge in [0.15, 0.2) is 0 Å². The van der Waals surface area contributed by atoms with Gasteiger partial charge in [0.2, 0.25) is 0 Å². The van der Waals surface area contributed by atoms with Crippen molar-refractivity contribution in [1.82, 2.24) is 10.2 Å². The van der Waals surface area contributed by atoms with Crippen LogP contribution in [-0.4, -0.2) is 41.4 Å². The number of rotatable bonds is 5. The van der Waals surface area contributed by atoms with Crippen LogP contribution in [0.2, 0.25) is 0 Å². The Labute approximate surface area is 123 Å². The minimum absolute atomic E-state index is 0.0574. The van der Waals surface area contributed by atoms with Crippen molar-refractivity contribution in [2.45, 2.75) is 25.8 Å². The third-order valence-corrected chi connectivity index (χ3v) is 3.81. The molecule has 1 aromatic carbocycles. The van der Waals surface area contributed by atoms with Crippen LogP contribution in [0.5, 0.6) is 0 Å². The van der Waals surface area contributed by atoms with E-state index in [4.69, 9.17) is 5.73 Å². The summed E-state index contributed by atoms with van der Waals surface area (Å²) in [6, 6.07) is 4.36. The highest BCUT2D eigenvalue weighted by Crippen LogP contribution is 2.22. The zero-order chi connectivity index (χ0) is 15.4. The van der Waals surface area contributed by atoms with Crippen LogP contribution in [0.25, 0.3) is 0 Å².